The molecule has 0 saturated carbocycles. The Bertz CT molecular complexity index is 1360. The summed E-state index contributed by atoms with van der Waals surface area (Å²) in [6, 6.07) is 16.9. The molecule has 2 aromatic carbocycles. The molecule has 4 rings (SSSR count). The Labute approximate surface area is 259 Å². The highest BCUT2D eigenvalue weighted by Crippen LogP contribution is 2.25. The number of hydrogen-bond acceptors (Lipinski definition) is 6. The molecule has 43 heavy (non-hydrogen) atoms. The summed E-state index contributed by atoms with van der Waals surface area (Å²) in [5.74, 6) is 1.60. The Balaban J connectivity index is 1.64. The second-order valence-electron chi connectivity index (χ2n) is 11.5. The molecule has 0 bridgehead atoms. The summed E-state index contributed by atoms with van der Waals surface area (Å²) < 4.78 is 1.84. The molecule has 230 valence electrons. The van der Waals surface area contributed by atoms with E-state index in [1.807, 2.05) is 66.9 Å². The fourth-order valence-electron chi connectivity index (χ4n) is 5.18. The fraction of sp³-hybridized carbons (Fsp3) is 0.485. The number of carbonyl (C=O) groups is 3. The molecule has 0 aliphatic carbocycles. The van der Waals surface area contributed by atoms with Gasteiger partial charge in [-0.1, -0.05) is 74.0 Å². The zero-order valence-electron chi connectivity index (χ0n) is 25.7. The lowest BCUT2D eigenvalue weighted by molar-refractivity contribution is -0.132. The molecule has 0 unspecified atom stereocenters. The van der Waals surface area contributed by atoms with Crippen molar-refractivity contribution >= 4 is 29.5 Å². The molecule has 2 atom stereocenters. The second kappa shape index (κ2) is 15.7. The van der Waals surface area contributed by atoms with Crippen LogP contribution in [0.1, 0.15) is 62.5 Å². The largest absolute Gasteiger partial charge is 0.344 e. The van der Waals surface area contributed by atoms with E-state index in [4.69, 9.17) is 10.1 Å². The van der Waals surface area contributed by atoms with Crippen molar-refractivity contribution < 1.29 is 14.4 Å². The normalized spacial score (nSPS) is 18.5. The lowest BCUT2D eigenvalue weighted by Crippen LogP contribution is -2.49. The van der Waals surface area contributed by atoms with Crippen LogP contribution in [0.3, 0.4) is 0 Å². The number of rotatable bonds is 8. The maximum atomic E-state index is 13.5. The third-order valence-corrected chi connectivity index (χ3v) is 8.40. The van der Waals surface area contributed by atoms with Crippen LogP contribution >= 0.6 is 11.8 Å². The third-order valence-electron chi connectivity index (χ3n) is 7.75. The molecule has 0 fully saturated rings. The maximum Gasteiger partial charge on any atom is 0.243 e. The molecule has 3 aromatic rings. The van der Waals surface area contributed by atoms with Gasteiger partial charge in [-0.3, -0.25) is 14.4 Å². The van der Waals surface area contributed by atoms with Crippen LogP contribution < -0.4 is 10.6 Å². The molecule has 2 heterocycles. The van der Waals surface area contributed by atoms with Crippen molar-refractivity contribution in [2.75, 3.05) is 25.1 Å². The van der Waals surface area contributed by atoms with Gasteiger partial charge < -0.3 is 15.5 Å². The summed E-state index contributed by atoms with van der Waals surface area (Å²) in [5.41, 5.74) is 3.19. The highest BCUT2D eigenvalue weighted by atomic mass is 32.2. The van der Waals surface area contributed by atoms with E-state index in [1.54, 1.807) is 11.8 Å². The number of carbonyl (C=O) groups excluding carboxylic acids is 3. The van der Waals surface area contributed by atoms with Crippen LogP contribution in [0.25, 0.3) is 11.4 Å². The number of fused-ring (bicyclic) bond motifs is 1. The van der Waals surface area contributed by atoms with Gasteiger partial charge in [0.05, 0.1) is 12.6 Å². The van der Waals surface area contributed by atoms with Crippen LogP contribution in [0.4, 0.5) is 0 Å². The first-order chi connectivity index (χ1) is 20.7. The average molecular weight is 605 g/mol. The minimum absolute atomic E-state index is 0.00701. The van der Waals surface area contributed by atoms with Crippen LogP contribution in [-0.2, 0) is 27.3 Å². The van der Waals surface area contributed by atoms with E-state index in [-0.39, 0.29) is 30.1 Å². The standard InChI is InChI=1S/C33H44N6O3S/c1-23(2)30-32-36-31(26-9-6-5-7-10-26)37-39(32)21-20-38(29(41)17-16-25-14-12-24(3)13-15-25)19-8-11-28(40)34-27(18-22-43-4)33(42)35-30/h5-7,9-10,12-15,23,27,30H,8,11,16-22H2,1-4H3,(H,34,40)(H,35,42)/t27-,30+/m0/s1. The SMILES string of the molecule is CSCC[C@@H]1NC(=O)CCCN(C(=O)CCc2ccc(C)cc2)CCn2nc(-c3ccccc3)nc2[C@@H](C(C)C)NC1=O. The van der Waals surface area contributed by atoms with Crippen molar-refractivity contribution in [2.24, 2.45) is 5.92 Å². The Hall–Kier alpha value is -3.66. The monoisotopic (exact) mass is 604 g/mol. The Kier molecular flexibility index (Phi) is 11.8. The molecular formula is C33H44N6O3S. The van der Waals surface area contributed by atoms with E-state index in [2.05, 4.69) is 34.9 Å². The molecule has 0 spiro atoms. The van der Waals surface area contributed by atoms with Crippen molar-refractivity contribution in [3.8, 4) is 11.4 Å². The molecule has 1 aromatic heterocycles. The van der Waals surface area contributed by atoms with E-state index >= 15 is 0 Å². The highest BCUT2D eigenvalue weighted by molar-refractivity contribution is 7.98. The maximum absolute atomic E-state index is 13.5. The molecule has 1 aliphatic rings. The third kappa shape index (κ3) is 9.16. The average Bonchev–Trinajstić information content (AvgIpc) is 3.42. The number of amides is 3. The van der Waals surface area contributed by atoms with Crippen molar-refractivity contribution in [3.05, 3.63) is 71.5 Å². The first-order valence-electron chi connectivity index (χ1n) is 15.2. The molecule has 3 amide bonds. The van der Waals surface area contributed by atoms with Gasteiger partial charge in [0.25, 0.3) is 0 Å². The van der Waals surface area contributed by atoms with Crippen molar-refractivity contribution in [3.63, 3.8) is 0 Å². The predicted molar refractivity (Wildman–Crippen MR) is 171 cm³/mol. The summed E-state index contributed by atoms with van der Waals surface area (Å²) in [6.45, 7) is 7.41. The lowest BCUT2D eigenvalue weighted by atomic mass is 10.0. The number of nitrogens with zero attached hydrogens (tertiary/aromatic N) is 4. The lowest BCUT2D eigenvalue weighted by Gasteiger charge is -2.28. The van der Waals surface area contributed by atoms with Crippen LogP contribution in [0.15, 0.2) is 54.6 Å². The summed E-state index contributed by atoms with van der Waals surface area (Å²) in [6.07, 6.45) is 4.29. The number of benzene rings is 2. The van der Waals surface area contributed by atoms with Crippen LogP contribution in [0.2, 0.25) is 0 Å². The Morgan fingerprint density at radius 3 is 2.47 bits per heavy atom. The minimum atomic E-state index is -0.652. The van der Waals surface area contributed by atoms with Gasteiger partial charge in [-0.2, -0.15) is 16.9 Å². The minimum Gasteiger partial charge on any atom is -0.344 e. The first kappa shape index (κ1) is 32.3. The summed E-state index contributed by atoms with van der Waals surface area (Å²) in [7, 11) is 0. The summed E-state index contributed by atoms with van der Waals surface area (Å²) in [5, 5.41) is 11.0. The molecule has 0 radical (unpaired) electrons. The fourth-order valence-corrected chi connectivity index (χ4v) is 5.66. The first-order valence-corrected chi connectivity index (χ1v) is 16.6. The number of nitrogens with one attached hydrogen (secondary N) is 2. The van der Waals surface area contributed by atoms with Gasteiger partial charge in [-0.25, -0.2) is 9.67 Å². The summed E-state index contributed by atoms with van der Waals surface area (Å²) >= 11 is 1.64. The van der Waals surface area contributed by atoms with Gasteiger partial charge in [-0.15, -0.1) is 0 Å². The van der Waals surface area contributed by atoms with Gasteiger partial charge in [0, 0.05) is 31.5 Å². The smallest absolute Gasteiger partial charge is 0.243 e. The van der Waals surface area contributed by atoms with Crippen molar-refractivity contribution in [1.29, 1.82) is 0 Å². The number of thioether (sulfide) groups is 1. The highest BCUT2D eigenvalue weighted by Gasteiger charge is 2.30. The van der Waals surface area contributed by atoms with Gasteiger partial charge in [0.2, 0.25) is 17.7 Å². The van der Waals surface area contributed by atoms with Crippen molar-refractivity contribution in [2.45, 2.75) is 71.5 Å². The molecule has 10 heteroatoms. The molecular weight excluding hydrogens is 560 g/mol. The zero-order chi connectivity index (χ0) is 30.8. The molecule has 1 aliphatic heterocycles. The topological polar surface area (TPSA) is 109 Å². The number of aryl methyl sites for hydroxylation is 2. The Morgan fingerprint density at radius 2 is 1.77 bits per heavy atom. The van der Waals surface area contributed by atoms with Gasteiger partial charge in [-0.05, 0) is 49.7 Å². The Morgan fingerprint density at radius 1 is 1.02 bits per heavy atom. The van der Waals surface area contributed by atoms with Gasteiger partial charge in [0.15, 0.2) is 11.6 Å². The molecule has 2 N–H and O–H groups in total. The number of aromatic nitrogens is 3. The number of hydrogen-bond donors (Lipinski definition) is 2. The zero-order valence-corrected chi connectivity index (χ0v) is 26.5. The molecule has 0 saturated heterocycles. The predicted octanol–water partition coefficient (Wildman–Crippen LogP) is 4.56. The second-order valence-corrected chi connectivity index (χ2v) is 12.5. The van der Waals surface area contributed by atoms with E-state index in [0.717, 1.165) is 16.9 Å². The van der Waals surface area contributed by atoms with Gasteiger partial charge in [0.1, 0.15) is 6.04 Å². The van der Waals surface area contributed by atoms with E-state index < -0.39 is 12.1 Å². The van der Waals surface area contributed by atoms with E-state index in [9.17, 15) is 14.4 Å². The van der Waals surface area contributed by atoms with E-state index in [0.29, 0.717) is 57.0 Å². The van der Waals surface area contributed by atoms with Gasteiger partial charge >= 0.3 is 0 Å². The quantitative estimate of drug-likeness (QED) is 0.390. The van der Waals surface area contributed by atoms with Crippen LogP contribution in [0, 0.1) is 12.8 Å². The summed E-state index contributed by atoms with van der Waals surface area (Å²) in [4.78, 5) is 46.7. The van der Waals surface area contributed by atoms with Crippen LogP contribution in [-0.4, -0.2) is 68.5 Å². The molecule has 9 nitrogen and oxygen atoms in total. The van der Waals surface area contributed by atoms with Crippen molar-refractivity contribution in [1.82, 2.24) is 30.3 Å². The van der Waals surface area contributed by atoms with E-state index in [1.165, 1.54) is 5.56 Å². The van der Waals surface area contributed by atoms with Crippen LogP contribution in [0.5, 0.6) is 0 Å².